The molecule has 0 aromatic carbocycles. The van der Waals surface area contributed by atoms with Gasteiger partial charge in [0, 0.05) is 7.11 Å². The standard InChI is InChI=1S/C14H23N3O/c1-12(2)6-5-7-13(3)8-9-17-10-14(11-18-4)15-16-17/h6,8,10H,5,7,9,11H2,1-4H3/b13-8+. The van der Waals surface area contributed by atoms with Crippen LogP contribution in [0.5, 0.6) is 0 Å². The fraction of sp³-hybridized carbons (Fsp3) is 0.571. The summed E-state index contributed by atoms with van der Waals surface area (Å²) in [7, 11) is 1.66. The van der Waals surface area contributed by atoms with Gasteiger partial charge in [0.15, 0.2) is 0 Å². The molecular formula is C14H23N3O. The third-order valence-electron chi connectivity index (χ3n) is 2.60. The maximum atomic E-state index is 5.00. The van der Waals surface area contributed by atoms with Crippen molar-refractivity contribution in [2.24, 2.45) is 0 Å². The summed E-state index contributed by atoms with van der Waals surface area (Å²) in [5.41, 5.74) is 3.63. The number of hydrogen-bond acceptors (Lipinski definition) is 3. The normalized spacial score (nSPS) is 11.7. The number of ether oxygens (including phenoxy) is 1. The molecule has 1 heterocycles. The van der Waals surface area contributed by atoms with E-state index in [1.165, 1.54) is 11.1 Å². The minimum Gasteiger partial charge on any atom is -0.378 e. The number of methoxy groups -OCH3 is 1. The number of nitrogens with zero attached hydrogens (tertiary/aromatic N) is 3. The second-order valence-electron chi connectivity index (χ2n) is 4.74. The Morgan fingerprint density at radius 3 is 2.78 bits per heavy atom. The van der Waals surface area contributed by atoms with Crippen LogP contribution >= 0.6 is 0 Å². The highest BCUT2D eigenvalue weighted by molar-refractivity contribution is 5.02. The van der Waals surface area contributed by atoms with Crippen molar-refractivity contribution in [3.63, 3.8) is 0 Å². The van der Waals surface area contributed by atoms with Crippen LogP contribution in [0.15, 0.2) is 29.5 Å². The molecule has 4 heteroatoms. The number of rotatable bonds is 7. The van der Waals surface area contributed by atoms with Gasteiger partial charge in [-0.3, -0.25) is 0 Å². The van der Waals surface area contributed by atoms with E-state index in [1.807, 2.05) is 10.9 Å². The van der Waals surface area contributed by atoms with Gasteiger partial charge in [0.05, 0.1) is 19.3 Å². The summed E-state index contributed by atoms with van der Waals surface area (Å²) < 4.78 is 6.84. The molecule has 1 aromatic rings. The van der Waals surface area contributed by atoms with Gasteiger partial charge >= 0.3 is 0 Å². The van der Waals surface area contributed by atoms with Crippen LogP contribution in [0.4, 0.5) is 0 Å². The predicted octanol–water partition coefficient (Wildman–Crippen LogP) is 3.12. The second-order valence-corrected chi connectivity index (χ2v) is 4.74. The molecule has 0 radical (unpaired) electrons. The maximum absolute atomic E-state index is 5.00. The highest BCUT2D eigenvalue weighted by atomic mass is 16.5. The van der Waals surface area contributed by atoms with Gasteiger partial charge < -0.3 is 4.74 Å². The molecule has 1 aromatic heterocycles. The van der Waals surface area contributed by atoms with Gasteiger partial charge in [-0.2, -0.15) is 0 Å². The second kappa shape index (κ2) is 7.82. The van der Waals surface area contributed by atoms with Crippen molar-refractivity contribution in [1.82, 2.24) is 15.0 Å². The molecule has 0 N–H and O–H groups in total. The van der Waals surface area contributed by atoms with Crippen LogP contribution in [0, 0.1) is 0 Å². The molecule has 0 spiro atoms. The Balaban J connectivity index is 2.39. The Hall–Kier alpha value is -1.42. The van der Waals surface area contributed by atoms with Crippen LogP contribution in [0.1, 0.15) is 39.3 Å². The predicted molar refractivity (Wildman–Crippen MR) is 73.2 cm³/mol. The molecule has 4 nitrogen and oxygen atoms in total. The quantitative estimate of drug-likeness (QED) is 0.697. The lowest BCUT2D eigenvalue weighted by Crippen LogP contribution is -1.96. The Morgan fingerprint density at radius 2 is 2.11 bits per heavy atom. The molecule has 0 saturated carbocycles. The van der Waals surface area contributed by atoms with Crippen molar-refractivity contribution in [2.75, 3.05) is 7.11 Å². The third-order valence-corrected chi connectivity index (χ3v) is 2.60. The summed E-state index contributed by atoms with van der Waals surface area (Å²) in [6, 6.07) is 0. The van der Waals surface area contributed by atoms with Crippen molar-refractivity contribution in [2.45, 2.75) is 46.8 Å². The average molecular weight is 249 g/mol. The summed E-state index contributed by atoms with van der Waals surface area (Å²) in [4.78, 5) is 0. The van der Waals surface area contributed by atoms with Crippen molar-refractivity contribution < 1.29 is 4.74 Å². The number of allylic oxidation sites excluding steroid dienone is 4. The van der Waals surface area contributed by atoms with E-state index >= 15 is 0 Å². The van der Waals surface area contributed by atoms with Crippen molar-refractivity contribution in [3.05, 3.63) is 35.2 Å². The van der Waals surface area contributed by atoms with Crippen molar-refractivity contribution >= 4 is 0 Å². The lowest BCUT2D eigenvalue weighted by molar-refractivity contribution is 0.181. The number of hydrogen-bond donors (Lipinski definition) is 0. The highest BCUT2D eigenvalue weighted by Gasteiger charge is 1.98. The minimum atomic E-state index is 0.517. The summed E-state index contributed by atoms with van der Waals surface area (Å²) in [6.07, 6.45) is 8.60. The molecule has 0 aliphatic heterocycles. The summed E-state index contributed by atoms with van der Waals surface area (Å²) >= 11 is 0. The zero-order valence-corrected chi connectivity index (χ0v) is 11.8. The van der Waals surface area contributed by atoms with Gasteiger partial charge in [0.1, 0.15) is 5.69 Å². The topological polar surface area (TPSA) is 39.9 Å². The van der Waals surface area contributed by atoms with Gasteiger partial charge in [0.25, 0.3) is 0 Å². The van der Waals surface area contributed by atoms with E-state index < -0.39 is 0 Å². The first-order valence-electron chi connectivity index (χ1n) is 6.28. The van der Waals surface area contributed by atoms with E-state index in [9.17, 15) is 0 Å². The van der Waals surface area contributed by atoms with Crippen LogP contribution in [-0.4, -0.2) is 22.1 Å². The van der Waals surface area contributed by atoms with Crippen LogP contribution in [0.25, 0.3) is 0 Å². The Bertz CT molecular complexity index is 414. The van der Waals surface area contributed by atoms with E-state index in [2.05, 4.69) is 43.2 Å². The molecule has 0 fully saturated rings. The molecule has 0 aliphatic carbocycles. The number of aromatic nitrogens is 3. The van der Waals surface area contributed by atoms with Crippen LogP contribution in [0.2, 0.25) is 0 Å². The van der Waals surface area contributed by atoms with Crippen molar-refractivity contribution in [3.8, 4) is 0 Å². The fourth-order valence-electron chi connectivity index (χ4n) is 1.58. The minimum absolute atomic E-state index is 0.517. The Kier molecular flexibility index (Phi) is 6.36. The van der Waals surface area contributed by atoms with Crippen molar-refractivity contribution in [1.29, 1.82) is 0 Å². The SMILES string of the molecule is COCc1cn(C/C=C(\C)CCC=C(C)C)nn1. The summed E-state index contributed by atoms with van der Waals surface area (Å²) in [5.74, 6) is 0. The van der Waals surface area contributed by atoms with E-state index in [4.69, 9.17) is 4.74 Å². The fourth-order valence-corrected chi connectivity index (χ4v) is 1.58. The summed E-state index contributed by atoms with van der Waals surface area (Å²) in [6.45, 7) is 7.71. The molecule has 100 valence electrons. The molecule has 0 atom stereocenters. The monoisotopic (exact) mass is 249 g/mol. The molecule has 1 rings (SSSR count). The van der Waals surface area contributed by atoms with Crippen LogP contribution < -0.4 is 0 Å². The van der Waals surface area contributed by atoms with Gasteiger partial charge in [0.2, 0.25) is 0 Å². The first-order chi connectivity index (χ1) is 8.61. The first kappa shape index (κ1) is 14.6. The first-order valence-corrected chi connectivity index (χ1v) is 6.28. The van der Waals surface area contributed by atoms with Crippen LogP contribution in [0.3, 0.4) is 0 Å². The largest absolute Gasteiger partial charge is 0.378 e. The molecule has 0 amide bonds. The average Bonchev–Trinajstić information content (AvgIpc) is 2.74. The molecule has 0 bridgehead atoms. The molecular weight excluding hydrogens is 226 g/mol. The Labute approximate surface area is 109 Å². The zero-order chi connectivity index (χ0) is 13.4. The third kappa shape index (κ3) is 5.77. The Morgan fingerprint density at radius 1 is 1.33 bits per heavy atom. The lowest BCUT2D eigenvalue weighted by Gasteiger charge is -1.99. The van der Waals surface area contributed by atoms with E-state index in [-0.39, 0.29) is 0 Å². The maximum Gasteiger partial charge on any atom is 0.108 e. The van der Waals surface area contributed by atoms with E-state index in [0.717, 1.165) is 25.1 Å². The van der Waals surface area contributed by atoms with E-state index in [0.29, 0.717) is 6.61 Å². The van der Waals surface area contributed by atoms with Gasteiger partial charge in [-0.05, 0) is 33.6 Å². The lowest BCUT2D eigenvalue weighted by atomic mass is 10.1. The molecule has 18 heavy (non-hydrogen) atoms. The van der Waals surface area contributed by atoms with Gasteiger partial charge in [-0.15, -0.1) is 5.10 Å². The summed E-state index contributed by atoms with van der Waals surface area (Å²) in [5, 5.41) is 8.06. The molecule has 0 unspecified atom stereocenters. The van der Waals surface area contributed by atoms with Crippen LogP contribution in [-0.2, 0) is 17.9 Å². The highest BCUT2D eigenvalue weighted by Crippen LogP contribution is 2.07. The molecule has 0 saturated heterocycles. The smallest absolute Gasteiger partial charge is 0.108 e. The van der Waals surface area contributed by atoms with Gasteiger partial charge in [-0.25, -0.2) is 4.68 Å². The van der Waals surface area contributed by atoms with E-state index in [1.54, 1.807) is 7.11 Å². The zero-order valence-electron chi connectivity index (χ0n) is 11.8. The molecule has 0 aliphatic rings. The van der Waals surface area contributed by atoms with Gasteiger partial charge in [-0.1, -0.05) is 28.5 Å².